The predicted octanol–water partition coefficient (Wildman–Crippen LogP) is 6.82. The molecule has 0 aliphatic carbocycles. The highest BCUT2D eigenvalue weighted by Gasteiger charge is 2.16. The van der Waals surface area contributed by atoms with E-state index in [1.165, 1.54) is 0 Å². The van der Waals surface area contributed by atoms with Crippen molar-refractivity contribution in [2.75, 3.05) is 7.11 Å². The highest BCUT2D eigenvalue weighted by molar-refractivity contribution is 6.31. The number of hydrogen-bond acceptors (Lipinski definition) is 1. The number of benzene rings is 3. The quantitative estimate of drug-likeness (QED) is 0.422. The van der Waals surface area contributed by atoms with E-state index in [0.29, 0.717) is 10.0 Å². The molecular weight excluding hydrogens is 353 g/mol. The number of hydrogen-bond donors (Lipinski definition) is 1. The molecule has 0 bridgehead atoms. The summed E-state index contributed by atoms with van der Waals surface area (Å²) in [7, 11) is 1.67. The lowest BCUT2D eigenvalue weighted by Gasteiger charge is -2.07. The summed E-state index contributed by atoms with van der Waals surface area (Å²) in [6.07, 6.45) is 0. The second kappa shape index (κ2) is 6.47. The summed E-state index contributed by atoms with van der Waals surface area (Å²) in [5, 5.41) is 2.52. The number of H-pyrrole nitrogens is 1. The van der Waals surface area contributed by atoms with Crippen LogP contribution in [0.3, 0.4) is 0 Å². The van der Waals surface area contributed by atoms with Gasteiger partial charge in [0, 0.05) is 32.6 Å². The molecule has 2 nitrogen and oxygen atoms in total. The zero-order valence-electron chi connectivity index (χ0n) is 13.5. The Kier molecular flexibility index (Phi) is 4.16. The maximum absolute atomic E-state index is 6.23. The summed E-state index contributed by atoms with van der Waals surface area (Å²) in [4.78, 5) is 3.52. The number of aromatic nitrogens is 1. The molecule has 25 heavy (non-hydrogen) atoms. The van der Waals surface area contributed by atoms with Crippen molar-refractivity contribution in [2.24, 2.45) is 0 Å². The van der Waals surface area contributed by atoms with Gasteiger partial charge in [-0.05, 0) is 42.0 Å². The first-order valence-corrected chi connectivity index (χ1v) is 8.63. The summed E-state index contributed by atoms with van der Waals surface area (Å²) in [6, 6.07) is 21.7. The van der Waals surface area contributed by atoms with Crippen LogP contribution in [0.4, 0.5) is 0 Å². The van der Waals surface area contributed by atoms with Crippen LogP contribution < -0.4 is 4.74 Å². The molecule has 0 amide bonds. The minimum atomic E-state index is 0.700. The first-order valence-electron chi connectivity index (χ1n) is 7.87. The average Bonchev–Trinajstić information content (AvgIpc) is 3.00. The zero-order valence-corrected chi connectivity index (χ0v) is 15.0. The van der Waals surface area contributed by atoms with Gasteiger partial charge in [-0.15, -0.1) is 0 Å². The first kappa shape index (κ1) is 16.1. The van der Waals surface area contributed by atoms with Gasteiger partial charge in [0.15, 0.2) is 0 Å². The second-order valence-electron chi connectivity index (χ2n) is 5.81. The van der Waals surface area contributed by atoms with Crippen LogP contribution in [0, 0.1) is 0 Å². The topological polar surface area (TPSA) is 25.0 Å². The third-order valence-electron chi connectivity index (χ3n) is 4.23. The molecule has 4 rings (SSSR count). The van der Waals surface area contributed by atoms with Crippen molar-refractivity contribution in [1.82, 2.24) is 4.98 Å². The molecule has 1 N–H and O–H groups in total. The Morgan fingerprint density at radius 3 is 2.16 bits per heavy atom. The van der Waals surface area contributed by atoms with E-state index in [-0.39, 0.29) is 0 Å². The summed E-state index contributed by atoms with van der Waals surface area (Å²) < 4.78 is 5.36. The lowest BCUT2D eigenvalue weighted by Crippen LogP contribution is -1.83. The van der Waals surface area contributed by atoms with E-state index in [0.717, 1.165) is 39.0 Å². The van der Waals surface area contributed by atoms with Gasteiger partial charge in [-0.1, -0.05) is 47.5 Å². The van der Waals surface area contributed by atoms with Gasteiger partial charge in [-0.25, -0.2) is 0 Å². The van der Waals surface area contributed by atoms with Crippen LogP contribution in [0.25, 0.3) is 33.3 Å². The van der Waals surface area contributed by atoms with E-state index >= 15 is 0 Å². The molecular formula is C21H15Cl2NO. The predicted molar refractivity (Wildman–Crippen MR) is 106 cm³/mol. The summed E-state index contributed by atoms with van der Waals surface area (Å²) in [6.45, 7) is 0. The molecule has 0 aliphatic heterocycles. The van der Waals surface area contributed by atoms with Crippen LogP contribution >= 0.6 is 23.2 Å². The van der Waals surface area contributed by atoms with Crippen molar-refractivity contribution in [2.45, 2.75) is 0 Å². The normalized spacial score (nSPS) is 11.0. The van der Waals surface area contributed by atoms with Crippen LogP contribution in [0.2, 0.25) is 10.0 Å². The molecule has 0 unspecified atom stereocenters. The molecule has 124 valence electrons. The van der Waals surface area contributed by atoms with Crippen LogP contribution in [-0.2, 0) is 0 Å². The average molecular weight is 368 g/mol. The third kappa shape index (κ3) is 2.99. The van der Waals surface area contributed by atoms with Gasteiger partial charge in [0.05, 0.1) is 18.3 Å². The SMILES string of the molecule is COc1ccc2c(-c3cccc(Cl)c3)c(-c3cccc(Cl)c3)[nH]c2c1. The molecule has 0 spiro atoms. The molecule has 1 aromatic heterocycles. The van der Waals surface area contributed by atoms with Crippen molar-refractivity contribution in [3.05, 3.63) is 76.8 Å². The van der Waals surface area contributed by atoms with E-state index in [4.69, 9.17) is 27.9 Å². The number of methoxy groups -OCH3 is 1. The largest absolute Gasteiger partial charge is 0.497 e. The van der Waals surface area contributed by atoms with E-state index < -0.39 is 0 Å². The highest BCUT2D eigenvalue weighted by Crippen LogP contribution is 2.40. The number of ether oxygens (including phenoxy) is 1. The number of fused-ring (bicyclic) bond motifs is 1. The summed E-state index contributed by atoms with van der Waals surface area (Å²) >= 11 is 12.4. The van der Waals surface area contributed by atoms with E-state index in [1.54, 1.807) is 7.11 Å². The summed E-state index contributed by atoms with van der Waals surface area (Å²) in [5.74, 6) is 0.809. The fourth-order valence-electron chi connectivity index (χ4n) is 3.11. The van der Waals surface area contributed by atoms with Crippen LogP contribution in [0.15, 0.2) is 66.7 Å². The molecule has 0 saturated heterocycles. The van der Waals surface area contributed by atoms with Gasteiger partial charge in [0.25, 0.3) is 0 Å². The molecule has 0 fully saturated rings. The number of aromatic amines is 1. The maximum Gasteiger partial charge on any atom is 0.120 e. The van der Waals surface area contributed by atoms with Crippen molar-refractivity contribution in [3.8, 4) is 28.1 Å². The van der Waals surface area contributed by atoms with E-state index in [2.05, 4.69) is 17.1 Å². The van der Waals surface area contributed by atoms with Gasteiger partial charge in [-0.2, -0.15) is 0 Å². The molecule has 4 aromatic rings. The lowest BCUT2D eigenvalue weighted by molar-refractivity contribution is 0.415. The van der Waals surface area contributed by atoms with Crippen molar-refractivity contribution in [1.29, 1.82) is 0 Å². The molecule has 0 atom stereocenters. The second-order valence-corrected chi connectivity index (χ2v) is 6.68. The zero-order chi connectivity index (χ0) is 17.4. The number of nitrogens with one attached hydrogen (secondary N) is 1. The Bertz CT molecular complexity index is 1070. The monoisotopic (exact) mass is 367 g/mol. The Morgan fingerprint density at radius 1 is 0.800 bits per heavy atom. The highest BCUT2D eigenvalue weighted by atomic mass is 35.5. The van der Waals surface area contributed by atoms with Gasteiger partial charge in [-0.3, -0.25) is 0 Å². The molecule has 0 radical (unpaired) electrons. The van der Waals surface area contributed by atoms with Gasteiger partial charge >= 0.3 is 0 Å². The van der Waals surface area contributed by atoms with Crippen LogP contribution in [0.5, 0.6) is 5.75 Å². The van der Waals surface area contributed by atoms with E-state index in [9.17, 15) is 0 Å². The molecule has 1 heterocycles. The van der Waals surface area contributed by atoms with Crippen molar-refractivity contribution in [3.63, 3.8) is 0 Å². The summed E-state index contributed by atoms with van der Waals surface area (Å²) in [5.41, 5.74) is 5.19. The number of rotatable bonds is 3. The molecule has 4 heteroatoms. The minimum Gasteiger partial charge on any atom is -0.497 e. The Labute approximate surface area is 156 Å². The fraction of sp³-hybridized carbons (Fsp3) is 0.0476. The van der Waals surface area contributed by atoms with Gasteiger partial charge in [0.1, 0.15) is 5.75 Å². The first-order chi connectivity index (χ1) is 12.2. The standard InChI is InChI=1S/C21H15Cl2NO/c1-25-17-8-9-18-19(12-17)24-21(14-5-3-7-16(23)11-14)20(18)13-4-2-6-15(22)10-13/h2-12,24H,1H3. The van der Waals surface area contributed by atoms with Gasteiger partial charge in [0.2, 0.25) is 0 Å². The van der Waals surface area contributed by atoms with E-state index in [1.807, 2.05) is 54.6 Å². The van der Waals surface area contributed by atoms with Crippen molar-refractivity contribution < 1.29 is 4.74 Å². The third-order valence-corrected chi connectivity index (χ3v) is 4.70. The van der Waals surface area contributed by atoms with Crippen LogP contribution in [-0.4, -0.2) is 12.1 Å². The number of halogens is 2. The molecule has 0 saturated carbocycles. The fourth-order valence-corrected chi connectivity index (χ4v) is 3.49. The minimum absolute atomic E-state index is 0.700. The molecule has 3 aromatic carbocycles. The van der Waals surface area contributed by atoms with Gasteiger partial charge < -0.3 is 9.72 Å². The Balaban J connectivity index is 2.05. The van der Waals surface area contributed by atoms with Crippen molar-refractivity contribution >= 4 is 34.1 Å². The smallest absolute Gasteiger partial charge is 0.120 e. The lowest BCUT2D eigenvalue weighted by atomic mass is 9.98. The molecule has 0 aliphatic rings. The maximum atomic E-state index is 6.23. The Morgan fingerprint density at radius 2 is 1.48 bits per heavy atom. The Hall–Kier alpha value is -2.42. The van der Waals surface area contributed by atoms with Crippen LogP contribution in [0.1, 0.15) is 0 Å².